The van der Waals surface area contributed by atoms with E-state index in [2.05, 4.69) is 62.5 Å². The molecule has 8 nitrogen and oxygen atoms in total. The van der Waals surface area contributed by atoms with Crippen LogP contribution in [0.25, 0.3) is 0 Å². The third-order valence-electron chi connectivity index (χ3n) is 8.70. The first kappa shape index (κ1) is 49.0. The third-order valence-corrected chi connectivity index (χ3v) is 8.70. The minimum Gasteiger partial charge on any atom is -0.544 e. The van der Waals surface area contributed by atoms with E-state index in [1.54, 1.807) is 27.2 Å². The number of carbonyl (C=O) groups excluding carboxylic acids is 3. The summed E-state index contributed by atoms with van der Waals surface area (Å²) >= 11 is 0. The smallest absolute Gasteiger partial charge is 0.310 e. The normalized spacial score (nSPS) is 13.6. The van der Waals surface area contributed by atoms with Crippen LogP contribution in [-0.2, 0) is 28.6 Å². The zero-order chi connectivity index (χ0) is 38.5. The maximum atomic E-state index is 12.6. The highest BCUT2D eigenvalue weighted by Crippen LogP contribution is 2.14. The molecule has 0 aliphatic heterocycles. The van der Waals surface area contributed by atoms with Gasteiger partial charge in [-0.3, -0.25) is 9.59 Å². The van der Waals surface area contributed by atoms with E-state index < -0.39 is 24.1 Å². The van der Waals surface area contributed by atoms with Crippen LogP contribution < -0.4 is 5.11 Å². The topological polar surface area (TPSA) is 102 Å². The molecule has 0 aromatic rings. The van der Waals surface area contributed by atoms with Crippen molar-refractivity contribution in [1.82, 2.24) is 0 Å². The van der Waals surface area contributed by atoms with Crippen molar-refractivity contribution in [3.63, 3.8) is 0 Å². The van der Waals surface area contributed by atoms with Crippen LogP contribution in [0.5, 0.6) is 0 Å². The quantitative estimate of drug-likeness (QED) is 0.0277. The van der Waals surface area contributed by atoms with Gasteiger partial charge in [0.1, 0.15) is 12.6 Å². The molecule has 0 amide bonds. The largest absolute Gasteiger partial charge is 0.544 e. The standard InChI is InChI=1S/C44H75NO7/c1-6-8-10-12-14-16-18-20-21-23-25-27-29-31-33-35-43(47)52-40(38-50-37-36-41(44(48)49)45(3,4)5)39-51-42(46)34-32-30-28-26-24-22-19-17-15-13-11-9-7-2/h8,10,14,16,20-21,25,27,31,33,40-41H,6-7,9,11-13,15,17-19,22-24,26,28-30,32,34-39H2,1-5H3/b10-8-,16-14-,21-20-,27-25-,33-31-. The number of carbonyl (C=O) groups is 3. The van der Waals surface area contributed by atoms with Gasteiger partial charge in [-0.25, -0.2) is 0 Å². The molecular weight excluding hydrogens is 654 g/mol. The lowest BCUT2D eigenvalue weighted by atomic mass is 10.0. The Hall–Kier alpha value is -2.97. The molecule has 2 atom stereocenters. The fraction of sp³-hybridized carbons (Fsp3) is 0.705. The Kier molecular flexibility index (Phi) is 33.1. The monoisotopic (exact) mass is 730 g/mol. The van der Waals surface area contributed by atoms with E-state index in [1.807, 2.05) is 6.08 Å². The van der Waals surface area contributed by atoms with Gasteiger partial charge in [-0.15, -0.1) is 0 Å². The molecule has 0 aromatic carbocycles. The summed E-state index contributed by atoms with van der Waals surface area (Å²) in [5.41, 5.74) is 0. The maximum absolute atomic E-state index is 12.6. The van der Waals surface area contributed by atoms with Crippen molar-refractivity contribution in [2.24, 2.45) is 0 Å². The maximum Gasteiger partial charge on any atom is 0.310 e. The molecule has 0 radical (unpaired) electrons. The second-order valence-corrected chi connectivity index (χ2v) is 14.5. The van der Waals surface area contributed by atoms with E-state index in [0.29, 0.717) is 12.8 Å². The van der Waals surface area contributed by atoms with Crippen LogP contribution >= 0.6 is 0 Å². The van der Waals surface area contributed by atoms with Crippen molar-refractivity contribution in [2.75, 3.05) is 41.0 Å². The van der Waals surface area contributed by atoms with Crippen molar-refractivity contribution in [3.8, 4) is 0 Å². The highest BCUT2D eigenvalue weighted by Gasteiger charge is 2.25. The zero-order valence-corrected chi connectivity index (χ0v) is 33.7. The van der Waals surface area contributed by atoms with Gasteiger partial charge in [0.05, 0.1) is 46.7 Å². The van der Waals surface area contributed by atoms with Crippen molar-refractivity contribution in [1.29, 1.82) is 0 Å². The fourth-order valence-electron chi connectivity index (χ4n) is 5.56. The molecule has 0 rings (SSSR count). The van der Waals surface area contributed by atoms with Crippen molar-refractivity contribution < 1.29 is 38.2 Å². The Bertz CT molecular complexity index is 1040. The van der Waals surface area contributed by atoms with Gasteiger partial charge in [-0.05, 0) is 38.5 Å². The summed E-state index contributed by atoms with van der Waals surface area (Å²) in [7, 11) is 5.36. The molecule has 0 bridgehead atoms. The summed E-state index contributed by atoms with van der Waals surface area (Å²) in [5.74, 6) is -1.90. The molecule has 2 unspecified atom stereocenters. The van der Waals surface area contributed by atoms with E-state index in [1.165, 1.54) is 64.2 Å². The van der Waals surface area contributed by atoms with Crippen LogP contribution in [0.4, 0.5) is 0 Å². The molecule has 0 aromatic heterocycles. The number of allylic oxidation sites excluding steroid dienone is 9. The lowest BCUT2D eigenvalue weighted by molar-refractivity contribution is -0.889. The number of likely N-dealkylation sites (N-methyl/N-ethyl adjacent to an activating group) is 1. The molecule has 0 spiro atoms. The number of unbranched alkanes of at least 4 members (excludes halogenated alkanes) is 12. The first-order valence-corrected chi connectivity index (χ1v) is 20.3. The molecule has 0 N–H and O–H groups in total. The Morgan fingerprint density at radius 2 is 1.06 bits per heavy atom. The number of hydrogen-bond donors (Lipinski definition) is 0. The molecule has 298 valence electrons. The van der Waals surface area contributed by atoms with Gasteiger partial charge in [-0.1, -0.05) is 152 Å². The van der Waals surface area contributed by atoms with Crippen LogP contribution in [0.2, 0.25) is 0 Å². The van der Waals surface area contributed by atoms with Crippen molar-refractivity contribution >= 4 is 17.9 Å². The lowest BCUT2D eigenvalue weighted by Crippen LogP contribution is -2.55. The molecule has 8 heteroatoms. The van der Waals surface area contributed by atoms with E-state index in [0.717, 1.165) is 44.9 Å². The second kappa shape index (κ2) is 35.1. The second-order valence-electron chi connectivity index (χ2n) is 14.5. The molecular formula is C44H75NO7. The lowest BCUT2D eigenvalue weighted by Gasteiger charge is -2.34. The van der Waals surface area contributed by atoms with E-state index in [9.17, 15) is 19.5 Å². The first-order chi connectivity index (χ1) is 25.1. The van der Waals surface area contributed by atoms with Gasteiger partial charge in [-0.2, -0.15) is 0 Å². The van der Waals surface area contributed by atoms with Crippen LogP contribution in [0.15, 0.2) is 60.8 Å². The number of rotatable bonds is 35. The highest BCUT2D eigenvalue weighted by molar-refractivity contribution is 5.71. The van der Waals surface area contributed by atoms with Crippen LogP contribution in [0.3, 0.4) is 0 Å². The predicted octanol–water partition coefficient (Wildman–Crippen LogP) is 9.30. The van der Waals surface area contributed by atoms with Crippen LogP contribution in [0, 0.1) is 0 Å². The summed E-state index contributed by atoms with van der Waals surface area (Å²) in [5, 5.41) is 11.6. The summed E-state index contributed by atoms with van der Waals surface area (Å²) in [4.78, 5) is 36.7. The highest BCUT2D eigenvalue weighted by atomic mass is 16.6. The van der Waals surface area contributed by atoms with Crippen LogP contribution in [-0.4, -0.2) is 75.5 Å². The molecule has 0 saturated heterocycles. The minimum atomic E-state index is -1.14. The van der Waals surface area contributed by atoms with Gasteiger partial charge in [0, 0.05) is 12.8 Å². The van der Waals surface area contributed by atoms with Crippen LogP contribution in [0.1, 0.15) is 149 Å². The zero-order valence-electron chi connectivity index (χ0n) is 33.7. The summed E-state index contributed by atoms with van der Waals surface area (Å²) in [6.07, 6.45) is 41.3. The molecule has 0 aliphatic rings. The number of hydrogen-bond acceptors (Lipinski definition) is 7. The Morgan fingerprint density at radius 1 is 0.596 bits per heavy atom. The molecule has 0 heterocycles. The van der Waals surface area contributed by atoms with Gasteiger partial charge in [0.2, 0.25) is 0 Å². The number of nitrogens with zero attached hydrogens (tertiary/aromatic N) is 1. The average Bonchev–Trinajstić information content (AvgIpc) is 3.09. The number of quaternary nitrogens is 1. The Labute approximate surface area is 318 Å². The van der Waals surface area contributed by atoms with E-state index in [-0.39, 0.29) is 43.1 Å². The van der Waals surface area contributed by atoms with E-state index in [4.69, 9.17) is 14.2 Å². The van der Waals surface area contributed by atoms with Gasteiger partial charge in [0.15, 0.2) is 6.10 Å². The first-order valence-electron chi connectivity index (χ1n) is 20.3. The third kappa shape index (κ3) is 32.9. The van der Waals surface area contributed by atoms with Crippen molar-refractivity contribution in [2.45, 2.75) is 161 Å². The SMILES string of the molecule is CC/C=C\C/C=C\C/C=C\C/C=C\C/C=C\CC(=O)OC(COCCC(C(=O)[O-])[N+](C)(C)C)COC(=O)CCCCCCCCCCCCCCC. The summed E-state index contributed by atoms with van der Waals surface area (Å²) < 4.78 is 17.0. The number of carboxylic acids is 1. The van der Waals surface area contributed by atoms with Gasteiger partial charge in [0.25, 0.3) is 0 Å². The summed E-state index contributed by atoms with van der Waals surface area (Å²) in [6.45, 7) is 4.42. The number of carboxylic acid groups (broad SMARTS) is 1. The van der Waals surface area contributed by atoms with E-state index >= 15 is 0 Å². The molecule has 0 aliphatic carbocycles. The number of esters is 2. The summed E-state index contributed by atoms with van der Waals surface area (Å²) in [6, 6.07) is -0.741. The number of aliphatic carboxylic acids is 1. The Morgan fingerprint density at radius 3 is 1.52 bits per heavy atom. The predicted molar refractivity (Wildman–Crippen MR) is 212 cm³/mol. The van der Waals surface area contributed by atoms with Gasteiger partial charge < -0.3 is 28.6 Å². The fourth-order valence-corrected chi connectivity index (χ4v) is 5.56. The van der Waals surface area contributed by atoms with Crippen molar-refractivity contribution in [3.05, 3.63) is 60.8 Å². The molecule has 0 saturated carbocycles. The average molecular weight is 730 g/mol. The molecule has 0 fully saturated rings. The number of ether oxygens (including phenoxy) is 3. The minimum absolute atomic E-state index is 0.000334. The molecule has 52 heavy (non-hydrogen) atoms. The van der Waals surface area contributed by atoms with Gasteiger partial charge >= 0.3 is 11.9 Å². The Balaban J connectivity index is 4.54.